The largest absolute Gasteiger partial charge is 0.494 e. The first-order chi connectivity index (χ1) is 14.6. The molecule has 31 heavy (non-hydrogen) atoms. The lowest BCUT2D eigenvalue weighted by Gasteiger charge is -2.32. The number of nitrogens with one attached hydrogen (secondary N) is 1. The lowest BCUT2D eigenvalue weighted by atomic mass is 9.78. The molecule has 2 N–H and O–H groups in total. The molecular weight excluding hydrogens is 393 g/mol. The van der Waals surface area contributed by atoms with Crippen molar-refractivity contribution in [3.63, 3.8) is 0 Å². The Morgan fingerprint density at radius 2 is 1.90 bits per heavy atom. The Morgan fingerprint density at radius 3 is 2.61 bits per heavy atom. The van der Waals surface area contributed by atoms with E-state index in [0.29, 0.717) is 5.92 Å². The number of piperidine rings is 1. The fraction of sp³-hybridized carbons (Fsp3) is 0.478. The van der Waals surface area contributed by atoms with E-state index in [1.54, 1.807) is 4.90 Å². The van der Waals surface area contributed by atoms with Gasteiger partial charge in [0.1, 0.15) is 5.82 Å². The zero-order valence-corrected chi connectivity index (χ0v) is 18.2. The molecule has 2 aliphatic heterocycles. The third kappa shape index (κ3) is 2.74. The summed E-state index contributed by atoms with van der Waals surface area (Å²) in [7, 11) is -0.408. The van der Waals surface area contributed by atoms with Crippen LogP contribution in [0.5, 0.6) is 0 Å². The lowest BCUT2D eigenvalue weighted by Crippen LogP contribution is -2.41. The quantitative estimate of drug-likeness (QED) is 0.617. The minimum Gasteiger partial charge on any atom is -0.465 e. The van der Waals surface area contributed by atoms with Crippen LogP contribution in [-0.2, 0) is 9.31 Å². The number of aromatic amines is 1. The summed E-state index contributed by atoms with van der Waals surface area (Å²) in [5, 5.41) is 11.7. The summed E-state index contributed by atoms with van der Waals surface area (Å²) in [5.74, 6) is 1.22. The Labute approximate surface area is 180 Å². The summed E-state index contributed by atoms with van der Waals surface area (Å²) in [5.41, 5.74) is 2.02. The van der Waals surface area contributed by atoms with Gasteiger partial charge in [-0.3, -0.25) is 4.90 Å². The highest BCUT2D eigenvalue weighted by Crippen LogP contribution is 2.53. The zero-order valence-electron chi connectivity index (χ0n) is 18.2. The normalized spacial score (nSPS) is 28.5. The van der Waals surface area contributed by atoms with Gasteiger partial charge >= 0.3 is 13.2 Å². The molecule has 3 aliphatic rings. The average molecular weight is 419 g/mol. The standard InChI is InChI=1S/C23H26BN3O4/c1-22(2)23(3,4)31-24(30-22)14-6-7-15-12(9-14)5-8-16-19(15)26-20(25-16)18-11-13-10-17(13)27(18)21(28)29/h5-9,13,17-18H,10-11H2,1-4H3,(H,25,26)(H,28,29)/t13-,17-,18+/m1/s1. The number of benzene rings is 2. The highest BCUT2D eigenvalue weighted by molar-refractivity contribution is 6.62. The molecule has 1 aromatic heterocycles. The molecule has 0 spiro atoms. The van der Waals surface area contributed by atoms with Crippen LogP contribution in [0.2, 0.25) is 0 Å². The Kier molecular flexibility index (Phi) is 3.71. The second-order valence-corrected chi connectivity index (χ2v) is 10.2. The van der Waals surface area contributed by atoms with Crippen LogP contribution >= 0.6 is 0 Å². The summed E-state index contributed by atoms with van der Waals surface area (Å²) in [6, 6.07) is 10.2. The Hall–Kier alpha value is -2.58. The van der Waals surface area contributed by atoms with Gasteiger partial charge in [0.05, 0.1) is 28.3 Å². The van der Waals surface area contributed by atoms with E-state index >= 15 is 0 Å². The minimum absolute atomic E-state index is 0.162. The maximum absolute atomic E-state index is 11.8. The SMILES string of the molecule is CC1(C)OB(c2ccc3c(ccc4[nH]c([C@@H]5C[C@H]6C[C@H]6N5C(=O)O)nc43)c2)OC1(C)C. The van der Waals surface area contributed by atoms with Crippen molar-refractivity contribution in [3.8, 4) is 0 Å². The summed E-state index contributed by atoms with van der Waals surface area (Å²) in [6.45, 7) is 8.21. The molecule has 3 aromatic rings. The predicted molar refractivity (Wildman–Crippen MR) is 118 cm³/mol. The van der Waals surface area contributed by atoms with Gasteiger partial charge in [-0.25, -0.2) is 9.78 Å². The van der Waals surface area contributed by atoms with E-state index in [9.17, 15) is 9.90 Å². The van der Waals surface area contributed by atoms with Crippen molar-refractivity contribution in [2.75, 3.05) is 0 Å². The molecule has 3 atom stereocenters. The van der Waals surface area contributed by atoms with Crippen molar-refractivity contribution in [2.45, 2.75) is 63.8 Å². The molecule has 2 aromatic carbocycles. The van der Waals surface area contributed by atoms with Gasteiger partial charge in [0.25, 0.3) is 0 Å². The van der Waals surface area contributed by atoms with E-state index < -0.39 is 13.2 Å². The number of H-pyrrole nitrogens is 1. The molecule has 7 nitrogen and oxygen atoms in total. The maximum atomic E-state index is 11.8. The topological polar surface area (TPSA) is 87.7 Å². The van der Waals surface area contributed by atoms with Crippen LogP contribution < -0.4 is 5.46 Å². The third-order valence-corrected chi connectivity index (χ3v) is 7.68. The van der Waals surface area contributed by atoms with Crippen LogP contribution in [0.4, 0.5) is 4.79 Å². The number of hydrogen-bond acceptors (Lipinski definition) is 4. The molecule has 1 saturated carbocycles. The van der Waals surface area contributed by atoms with E-state index in [4.69, 9.17) is 14.3 Å². The first-order valence-electron chi connectivity index (χ1n) is 10.9. The number of nitrogens with zero attached hydrogens (tertiary/aromatic N) is 2. The number of rotatable bonds is 2. The van der Waals surface area contributed by atoms with E-state index in [2.05, 4.69) is 50.9 Å². The highest BCUT2D eigenvalue weighted by Gasteiger charge is 2.55. The molecule has 1 amide bonds. The number of likely N-dealkylation sites (tertiary alicyclic amines) is 1. The van der Waals surface area contributed by atoms with Crippen molar-refractivity contribution in [3.05, 3.63) is 36.2 Å². The number of imidazole rings is 1. The Balaban J connectivity index is 1.37. The number of hydrogen-bond donors (Lipinski definition) is 2. The fourth-order valence-corrected chi connectivity index (χ4v) is 5.10. The van der Waals surface area contributed by atoms with Gasteiger partial charge in [0.15, 0.2) is 0 Å². The molecule has 6 rings (SSSR count). The van der Waals surface area contributed by atoms with Crippen LogP contribution in [0.3, 0.4) is 0 Å². The number of carbonyl (C=O) groups is 1. The molecule has 0 bridgehead atoms. The van der Waals surface area contributed by atoms with Gasteiger partial charge in [-0.15, -0.1) is 0 Å². The van der Waals surface area contributed by atoms with Crippen LogP contribution in [0.15, 0.2) is 30.3 Å². The van der Waals surface area contributed by atoms with Crippen molar-refractivity contribution >= 4 is 40.5 Å². The number of aromatic nitrogens is 2. The highest BCUT2D eigenvalue weighted by atomic mass is 16.7. The van der Waals surface area contributed by atoms with E-state index in [-0.39, 0.29) is 23.3 Å². The lowest BCUT2D eigenvalue weighted by molar-refractivity contribution is 0.00578. The molecular formula is C23H26BN3O4. The summed E-state index contributed by atoms with van der Waals surface area (Å²) in [6.07, 6.45) is 0.974. The molecule has 2 saturated heterocycles. The molecule has 3 fully saturated rings. The van der Waals surface area contributed by atoms with Crippen molar-refractivity contribution in [1.29, 1.82) is 0 Å². The van der Waals surface area contributed by atoms with Crippen LogP contribution in [-0.4, -0.2) is 50.4 Å². The third-order valence-electron chi connectivity index (χ3n) is 7.68. The first-order valence-corrected chi connectivity index (χ1v) is 10.9. The molecule has 3 heterocycles. The van der Waals surface area contributed by atoms with Gasteiger partial charge in [-0.05, 0) is 63.4 Å². The zero-order chi connectivity index (χ0) is 21.7. The minimum atomic E-state index is -0.854. The Morgan fingerprint density at radius 1 is 1.16 bits per heavy atom. The van der Waals surface area contributed by atoms with Gasteiger partial charge in [-0.1, -0.05) is 24.3 Å². The van der Waals surface area contributed by atoms with Gasteiger partial charge in [0, 0.05) is 11.4 Å². The second kappa shape index (κ2) is 6.01. The van der Waals surface area contributed by atoms with E-state index in [1.807, 2.05) is 12.1 Å². The van der Waals surface area contributed by atoms with Crippen LogP contribution in [0.1, 0.15) is 52.4 Å². The number of amides is 1. The first kappa shape index (κ1) is 19.1. The van der Waals surface area contributed by atoms with E-state index in [1.165, 1.54) is 0 Å². The van der Waals surface area contributed by atoms with Crippen LogP contribution in [0, 0.1) is 5.92 Å². The van der Waals surface area contributed by atoms with Crippen LogP contribution in [0.25, 0.3) is 21.8 Å². The van der Waals surface area contributed by atoms with Crippen molar-refractivity contribution < 1.29 is 19.2 Å². The molecule has 0 unspecified atom stereocenters. The maximum Gasteiger partial charge on any atom is 0.494 e. The van der Waals surface area contributed by atoms with Gasteiger partial charge < -0.3 is 19.4 Å². The Bertz CT molecular complexity index is 1220. The predicted octanol–water partition coefficient (Wildman–Crippen LogP) is 3.83. The monoisotopic (exact) mass is 419 g/mol. The van der Waals surface area contributed by atoms with Gasteiger partial charge in [-0.2, -0.15) is 0 Å². The average Bonchev–Trinajstić information content (AvgIpc) is 3.07. The summed E-state index contributed by atoms with van der Waals surface area (Å²) >= 11 is 0. The second-order valence-electron chi connectivity index (χ2n) is 10.2. The number of carboxylic acid groups (broad SMARTS) is 1. The summed E-state index contributed by atoms with van der Waals surface area (Å²) < 4.78 is 12.4. The molecule has 160 valence electrons. The van der Waals surface area contributed by atoms with Crippen molar-refractivity contribution in [2.24, 2.45) is 5.92 Å². The molecule has 1 aliphatic carbocycles. The smallest absolute Gasteiger partial charge is 0.465 e. The molecule has 8 heteroatoms. The molecule has 0 radical (unpaired) electrons. The van der Waals surface area contributed by atoms with Crippen molar-refractivity contribution in [1.82, 2.24) is 14.9 Å². The fourth-order valence-electron chi connectivity index (χ4n) is 5.10. The number of fused-ring (bicyclic) bond motifs is 4. The van der Waals surface area contributed by atoms with Gasteiger partial charge in [0.2, 0.25) is 0 Å². The van der Waals surface area contributed by atoms with E-state index in [0.717, 1.165) is 45.9 Å². The summed E-state index contributed by atoms with van der Waals surface area (Å²) in [4.78, 5) is 21.6.